The van der Waals surface area contributed by atoms with Gasteiger partial charge in [-0.05, 0) is 12.1 Å². The summed E-state index contributed by atoms with van der Waals surface area (Å²) in [7, 11) is 0. The maximum atomic E-state index is 12.4. The van der Waals surface area contributed by atoms with Gasteiger partial charge in [0, 0.05) is 11.8 Å². The number of aromatic nitrogens is 1. The number of hydrogen-bond acceptors (Lipinski definition) is 5. The van der Waals surface area contributed by atoms with Gasteiger partial charge in [-0.2, -0.15) is 5.26 Å². The summed E-state index contributed by atoms with van der Waals surface area (Å²) >= 11 is 0. The number of aliphatic hydroxyl groups is 1. The summed E-state index contributed by atoms with van der Waals surface area (Å²) in [5.41, 5.74) is 0.790. The molecule has 2 heterocycles. The number of nitrogens with zero attached hydrogens (tertiary/aromatic N) is 3. The molecule has 0 aliphatic carbocycles. The van der Waals surface area contributed by atoms with Crippen LogP contribution in [-0.2, 0) is 9.59 Å². The fourth-order valence-corrected chi connectivity index (χ4v) is 2.72. The highest BCUT2D eigenvalue weighted by molar-refractivity contribution is 6.46. The second-order valence-corrected chi connectivity index (χ2v) is 5.21. The first-order chi connectivity index (χ1) is 11.6. The predicted molar refractivity (Wildman–Crippen MR) is 85.3 cm³/mol. The van der Waals surface area contributed by atoms with E-state index in [1.165, 1.54) is 6.20 Å². The van der Waals surface area contributed by atoms with Crippen molar-refractivity contribution in [3.05, 3.63) is 71.6 Å². The van der Waals surface area contributed by atoms with E-state index < -0.39 is 17.7 Å². The summed E-state index contributed by atoms with van der Waals surface area (Å²) in [4.78, 5) is 30.0. The number of pyridine rings is 1. The van der Waals surface area contributed by atoms with Crippen LogP contribution in [0.3, 0.4) is 0 Å². The molecule has 1 aromatic heterocycles. The highest BCUT2D eigenvalue weighted by atomic mass is 16.3. The zero-order valence-electron chi connectivity index (χ0n) is 12.6. The number of amides is 1. The molecule has 6 nitrogen and oxygen atoms in total. The largest absolute Gasteiger partial charge is 0.507 e. The summed E-state index contributed by atoms with van der Waals surface area (Å²) < 4.78 is 0. The lowest BCUT2D eigenvalue weighted by molar-refractivity contribution is -0.139. The Labute approximate surface area is 138 Å². The van der Waals surface area contributed by atoms with E-state index in [0.717, 1.165) is 4.90 Å². The molecule has 1 N–H and O–H groups in total. The van der Waals surface area contributed by atoms with Crippen LogP contribution in [0.25, 0.3) is 5.76 Å². The van der Waals surface area contributed by atoms with Crippen LogP contribution >= 0.6 is 0 Å². The number of ketones is 1. The van der Waals surface area contributed by atoms with E-state index in [2.05, 4.69) is 4.98 Å². The fraction of sp³-hybridized carbons (Fsp3) is 0.111. The van der Waals surface area contributed by atoms with E-state index in [0.29, 0.717) is 11.3 Å². The lowest BCUT2D eigenvalue weighted by atomic mass is 9.98. The average molecular weight is 319 g/mol. The third-order valence-electron chi connectivity index (χ3n) is 3.80. The van der Waals surface area contributed by atoms with Gasteiger partial charge in [0.15, 0.2) is 0 Å². The van der Waals surface area contributed by atoms with Gasteiger partial charge in [0.2, 0.25) is 0 Å². The molecule has 3 rings (SSSR count). The van der Waals surface area contributed by atoms with Crippen LogP contribution in [0, 0.1) is 11.3 Å². The van der Waals surface area contributed by atoms with Crippen molar-refractivity contribution < 1.29 is 14.7 Å². The van der Waals surface area contributed by atoms with Crippen molar-refractivity contribution in [2.75, 3.05) is 6.54 Å². The lowest BCUT2D eigenvalue weighted by Crippen LogP contribution is -2.30. The molecule has 2 aromatic rings. The minimum absolute atomic E-state index is 0.0554. The van der Waals surface area contributed by atoms with Crippen LogP contribution in [-0.4, -0.2) is 33.2 Å². The molecule has 1 aliphatic heterocycles. The predicted octanol–water partition coefficient (Wildman–Crippen LogP) is 2.03. The maximum absolute atomic E-state index is 12.4. The van der Waals surface area contributed by atoms with Gasteiger partial charge >= 0.3 is 0 Å². The Morgan fingerprint density at radius 2 is 1.88 bits per heavy atom. The monoisotopic (exact) mass is 319 g/mol. The molecular formula is C18H13N3O3. The number of benzene rings is 1. The van der Waals surface area contributed by atoms with Gasteiger partial charge < -0.3 is 10.0 Å². The summed E-state index contributed by atoms with van der Waals surface area (Å²) in [6, 6.07) is 14.6. The van der Waals surface area contributed by atoms with Crippen molar-refractivity contribution in [1.82, 2.24) is 9.88 Å². The number of likely N-dealkylation sites (tertiary alicyclic amines) is 1. The molecule has 1 fully saturated rings. The molecule has 0 spiro atoms. The molecule has 24 heavy (non-hydrogen) atoms. The summed E-state index contributed by atoms with van der Waals surface area (Å²) in [6.07, 6.45) is 1.53. The Kier molecular flexibility index (Phi) is 4.08. The highest BCUT2D eigenvalue weighted by Crippen LogP contribution is 2.38. The van der Waals surface area contributed by atoms with Crippen LogP contribution in [0.1, 0.15) is 17.3 Å². The minimum atomic E-state index is -0.883. The summed E-state index contributed by atoms with van der Waals surface area (Å²) in [5.74, 6) is -1.91. The van der Waals surface area contributed by atoms with Crippen molar-refractivity contribution in [3.8, 4) is 6.07 Å². The van der Waals surface area contributed by atoms with Crippen molar-refractivity contribution in [1.29, 1.82) is 5.26 Å². The molecule has 6 heteroatoms. The molecule has 1 aliphatic rings. The lowest BCUT2D eigenvalue weighted by Gasteiger charge is -2.21. The van der Waals surface area contributed by atoms with Crippen LogP contribution in [0.4, 0.5) is 0 Å². The molecule has 0 bridgehead atoms. The zero-order valence-corrected chi connectivity index (χ0v) is 12.6. The van der Waals surface area contributed by atoms with Crippen LogP contribution in [0.15, 0.2) is 60.3 Å². The number of carbonyl (C=O) groups excluding carboxylic acids is 2. The molecule has 0 saturated carbocycles. The van der Waals surface area contributed by atoms with Gasteiger partial charge in [-0.3, -0.25) is 14.6 Å². The molecule has 118 valence electrons. The second-order valence-electron chi connectivity index (χ2n) is 5.21. The number of carbonyl (C=O) groups is 2. The number of aliphatic hydroxyl groups excluding tert-OH is 1. The quantitative estimate of drug-likeness (QED) is 0.404. The second kappa shape index (κ2) is 6.34. The molecule has 0 radical (unpaired) electrons. The topological polar surface area (TPSA) is 94.3 Å². The first-order valence-electron chi connectivity index (χ1n) is 7.27. The van der Waals surface area contributed by atoms with Gasteiger partial charge in [0.25, 0.3) is 11.7 Å². The standard InChI is InChI=1S/C18H13N3O3/c19-9-11-21-15(13-8-4-5-10-20-13)14(17(23)18(21)24)16(22)12-6-2-1-3-7-12/h1-8,10,15,22H,11H2/t15-/m1/s1. The van der Waals surface area contributed by atoms with E-state index in [4.69, 9.17) is 5.26 Å². The smallest absolute Gasteiger partial charge is 0.296 e. The Morgan fingerprint density at radius 1 is 1.17 bits per heavy atom. The van der Waals surface area contributed by atoms with E-state index in [9.17, 15) is 14.7 Å². The van der Waals surface area contributed by atoms with Crippen LogP contribution < -0.4 is 0 Å². The summed E-state index contributed by atoms with van der Waals surface area (Å²) in [6.45, 7) is -0.266. The fourth-order valence-electron chi connectivity index (χ4n) is 2.72. The first-order valence-corrected chi connectivity index (χ1v) is 7.27. The van der Waals surface area contributed by atoms with Crippen molar-refractivity contribution in [2.24, 2.45) is 0 Å². The Hall–Kier alpha value is -3.46. The van der Waals surface area contributed by atoms with Crippen molar-refractivity contribution in [2.45, 2.75) is 6.04 Å². The Balaban J connectivity index is 2.20. The Bertz CT molecular complexity index is 854. The van der Waals surface area contributed by atoms with Crippen molar-refractivity contribution in [3.63, 3.8) is 0 Å². The molecule has 1 aromatic carbocycles. The van der Waals surface area contributed by atoms with Crippen LogP contribution in [0.2, 0.25) is 0 Å². The molecule has 0 unspecified atom stereocenters. The number of Topliss-reactive ketones (excluding diaryl/α,β-unsaturated/α-hetero) is 1. The van der Waals surface area contributed by atoms with Crippen molar-refractivity contribution >= 4 is 17.4 Å². The number of nitriles is 1. The highest BCUT2D eigenvalue weighted by Gasteiger charge is 2.46. The van der Waals surface area contributed by atoms with Gasteiger partial charge in [-0.25, -0.2) is 0 Å². The van der Waals surface area contributed by atoms with Gasteiger partial charge in [0.05, 0.1) is 17.3 Å². The van der Waals surface area contributed by atoms with Crippen LogP contribution in [0.5, 0.6) is 0 Å². The van der Waals surface area contributed by atoms with E-state index in [1.54, 1.807) is 48.5 Å². The average Bonchev–Trinajstić information content (AvgIpc) is 2.88. The van der Waals surface area contributed by atoms with E-state index >= 15 is 0 Å². The molecule has 1 amide bonds. The normalized spacial score (nSPS) is 19.3. The summed E-state index contributed by atoms with van der Waals surface area (Å²) in [5, 5.41) is 19.6. The van der Waals surface area contributed by atoms with Gasteiger partial charge in [-0.1, -0.05) is 36.4 Å². The van der Waals surface area contributed by atoms with E-state index in [-0.39, 0.29) is 17.9 Å². The van der Waals surface area contributed by atoms with Gasteiger partial charge in [-0.15, -0.1) is 0 Å². The molecule has 1 saturated heterocycles. The zero-order chi connectivity index (χ0) is 17.1. The molecular weight excluding hydrogens is 306 g/mol. The maximum Gasteiger partial charge on any atom is 0.296 e. The van der Waals surface area contributed by atoms with Gasteiger partial charge in [0.1, 0.15) is 18.3 Å². The number of hydrogen-bond donors (Lipinski definition) is 1. The molecule has 1 atom stereocenters. The third-order valence-corrected chi connectivity index (χ3v) is 3.80. The third kappa shape index (κ3) is 2.52. The minimum Gasteiger partial charge on any atom is -0.507 e. The first kappa shape index (κ1) is 15.4. The Morgan fingerprint density at radius 3 is 2.50 bits per heavy atom. The number of rotatable bonds is 3. The van der Waals surface area contributed by atoms with E-state index in [1.807, 2.05) is 6.07 Å². The SMILES string of the molecule is N#CCN1C(=O)C(=O)C(=C(O)c2ccccc2)[C@H]1c1ccccn1.